The Kier molecular flexibility index (Phi) is 3.62. The van der Waals surface area contributed by atoms with E-state index in [9.17, 15) is 4.79 Å². The highest BCUT2D eigenvalue weighted by Gasteiger charge is 2.19. The summed E-state index contributed by atoms with van der Waals surface area (Å²) >= 11 is 1.87. The van der Waals surface area contributed by atoms with Crippen molar-refractivity contribution in [2.24, 2.45) is 0 Å². The van der Waals surface area contributed by atoms with Crippen molar-refractivity contribution in [2.45, 2.75) is 25.2 Å². The SMILES string of the molecule is Cc1cc(C)c2c(c1)N(CCC(=O)O)CCS2. The summed E-state index contributed by atoms with van der Waals surface area (Å²) in [6.07, 6.45) is 0.205. The topological polar surface area (TPSA) is 40.5 Å². The maximum absolute atomic E-state index is 10.7. The molecule has 1 aliphatic heterocycles. The van der Waals surface area contributed by atoms with Crippen LogP contribution in [0.1, 0.15) is 17.5 Å². The summed E-state index contributed by atoms with van der Waals surface area (Å²) in [5.41, 5.74) is 3.74. The number of hydrogen-bond donors (Lipinski definition) is 1. The maximum atomic E-state index is 10.7. The minimum absolute atomic E-state index is 0.205. The molecule has 0 aliphatic carbocycles. The fraction of sp³-hybridized carbons (Fsp3) is 0.462. The quantitative estimate of drug-likeness (QED) is 0.896. The standard InChI is InChI=1S/C13H17NO2S/c1-9-7-10(2)13-11(8-9)14(5-6-17-13)4-3-12(15)16/h7-8H,3-6H2,1-2H3,(H,15,16). The van der Waals surface area contributed by atoms with Gasteiger partial charge in [-0.2, -0.15) is 0 Å². The molecule has 0 aromatic heterocycles. The number of fused-ring (bicyclic) bond motifs is 1. The molecule has 92 valence electrons. The average Bonchev–Trinajstić information content (AvgIpc) is 2.26. The first kappa shape index (κ1) is 12.3. The predicted molar refractivity (Wildman–Crippen MR) is 71.1 cm³/mol. The Bertz CT molecular complexity index is 445. The van der Waals surface area contributed by atoms with E-state index in [-0.39, 0.29) is 6.42 Å². The molecule has 17 heavy (non-hydrogen) atoms. The number of thioether (sulfide) groups is 1. The number of anilines is 1. The van der Waals surface area contributed by atoms with Crippen LogP contribution in [0.15, 0.2) is 17.0 Å². The van der Waals surface area contributed by atoms with Crippen molar-refractivity contribution >= 4 is 23.4 Å². The van der Waals surface area contributed by atoms with E-state index >= 15 is 0 Å². The van der Waals surface area contributed by atoms with Gasteiger partial charge in [0.1, 0.15) is 0 Å². The zero-order valence-electron chi connectivity index (χ0n) is 10.2. The van der Waals surface area contributed by atoms with Crippen LogP contribution in [-0.4, -0.2) is 29.9 Å². The predicted octanol–water partition coefficient (Wildman–Crippen LogP) is 2.69. The minimum Gasteiger partial charge on any atom is -0.481 e. The molecule has 0 amide bonds. The van der Waals surface area contributed by atoms with Crippen LogP contribution in [0, 0.1) is 13.8 Å². The molecule has 3 nitrogen and oxygen atoms in total. The van der Waals surface area contributed by atoms with Crippen LogP contribution < -0.4 is 4.90 Å². The second kappa shape index (κ2) is 5.00. The lowest BCUT2D eigenvalue weighted by atomic mass is 10.1. The summed E-state index contributed by atoms with van der Waals surface area (Å²) in [5.74, 6) is 0.311. The Hall–Kier alpha value is -1.16. The molecular formula is C13H17NO2S. The first-order valence-electron chi connectivity index (χ1n) is 5.78. The van der Waals surface area contributed by atoms with E-state index in [2.05, 4.69) is 30.9 Å². The van der Waals surface area contributed by atoms with Gasteiger partial charge >= 0.3 is 5.97 Å². The second-order valence-electron chi connectivity index (χ2n) is 4.41. The van der Waals surface area contributed by atoms with Gasteiger partial charge in [-0.1, -0.05) is 6.07 Å². The largest absolute Gasteiger partial charge is 0.481 e. The van der Waals surface area contributed by atoms with Crippen molar-refractivity contribution in [3.8, 4) is 0 Å². The van der Waals surface area contributed by atoms with Gasteiger partial charge < -0.3 is 10.0 Å². The van der Waals surface area contributed by atoms with Crippen molar-refractivity contribution < 1.29 is 9.90 Å². The van der Waals surface area contributed by atoms with Crippen LogP contribution in [0.25, 0.3) is 0 Å². The number of aryl methyl sites for hydroxylation is 2. The van der Waals surface area contributed by atoms with E-state index in [1.54, 1.807) is 0 Å². The third-order valence-electron chi connectivity index (χ3n) is 2.94. The molecule has 2 rings (SSSR count). The van der Waals surface area contributed by atoms with Crippen LogP contribution in [0.2, 0.25) is 0 Å². The summed E-state index contributed by atoms with van der Waals surface area (Å²) in [5, 5.41) is 8.77. The zero-order valence-corrected chi connectivity index (χ0v) is 11.0. The van der Waals surface area contributed by atoms with Crippen molar-refractivity contribution in [3.63, 3.8) is 0 Å². The molecule has 1 N–H and O–H groups in total. The highest BCUT2D eigenvalue weighted by molar-refractivity contribution is 7.99. The lowest BCUT2D eigenvalue weighted by Crippen LogP contribution is -2.31. The number of aliphatic carboxylic acids is 1. The Balaban J connectivity index is 2.27. The van der Waals surface area contributed by atoms with Crippen LogP contribution in [-0.2, 0) is 4.79 Å². The number of carboxylic acid groups (broad SMARTS) is 1. The lowest BCUT2D eigenvalue weighted by molar-refractivity contribution is -0.136. The first-order chi connectivity index (χ1) is 8.08. The van der Waals surface area contributed by atoms with Gasteiger partial charge in [-0.05, 0) is 31.0 Å². The molecule has 0 spiro atoms. The minimum atomic E-state index is -0.728. The summed E-state index contributed by atoms with van der Waals surface area (Å²) in [6, 6.07) is 4.35. The van der Waals surface area contributed by atoms with Gasteiger partial charge in [0.2, 0.25) is 0 Å². The monoisotopic (exact) mass is 251 g/mol. The number of hydrogen-bond acceptors (Lipinski definition) is 3. The summed E-state index contributed by atoms with van der Waals surface area (Å²) in [6.45, 7) is 5.75. The smallest absolute Gasteiger partial charge is 0.305 e. The Morgan fingerprint density at radius 1 is 1.47 bits per heavy atom. The van der Waals surface area contributed by atoms with Crippen molar-refractivity contribution in [2.75, 3.05) is 23.7 Å². The third kappa shape index (κ3) is 2.75. The number of nitrogens with zero attached hydrogens (tertiary/aromatic N) is 1. The molecule has 0 unspecified atom stereocenters. The number of benzene rings is 1. The van der Waals surface area contributed by atoms with E-state index < -0.39 is 5.97 Å². The van der Waals surface area contributed by atoms with E-state index in [1.807, 2.05) is 11.8 Å². The molecule has 0 fully saturated rings. The lowest BCUT2D eigenvalue weighted by Gasteiger charge is -2.31. The van der Waals surface area contributed by atoms with Gasteiger partial charge in [-0.25, -0.2) is 0 Å². The van der Waals surface area contributed by atoms with Gasteiger partial charge in [0.15, 0.2) is 0 Å². The molecule has 0 radical (unpaired) electrons. The fourth-order valence-corrected chi connectivity index (χ4v) is 3.33. The molecule has 4 heteroatoms. The molecule has 1 aromatic rings. The second-order valence-corrected chi connectivity index (χ2v) is 5.51. The zero-order chi connectivity index (χ0) is 12.4. The van der Waals surface area contributed by atoms with Crippen LogP contribution in [0.3, 0.4) is 0 Å². The Morgan fingerprint density at radius 2 is 2.24 bits per heavy atom. The van der Waals surface area contributed by atoms with E-state index in [1.165, 1.54) is 21.7 Å². The molecule has 1 aliphatic rings. The highest BCUT2D eigenvalue weighted by Crippen LogP contribution is 2.38. The molecular weight excluding hydrogens is 234 g/mol. The molecule has 0 bridgehead atoms. The molecule has 1 aromatic carbocycles. The highest BCUT2D eigenvalue weighted by atomic mass is 32.2. The molecule has 0 atom stereocenters. The third-order valence-corrected chi connectivity index (χ3v) is 4.15. The van der Waals surface area contributed by atoms with E-state index in [4.69, 9.17) is 5.11 Å². The average molecular weight is 251 g/mol. The van der Waals surface area contributed by atoms with Gasteiger partial charge in [-0.15, -0.1) is 11.8 Å². The summed E-state index contributed by atoms with van der Waals surface area (Å²) in [7, 11) is 0. The normalized spacial score (nSPS) is 14.6. The number of carboxylic acids is 1. The van der Waals surface area contributed by atoms with E-state index in [0.29, 0.717) is 6.54 Å². The number of carbonyl (C=O) groups is 1. The van der Waals surface area contributed by atoms with Crippen molar-refractivity contribution in [1.29, 1.82) is 0 Å². The van der Waals surface area contributed by atoms with Crippen LogP contribution in [0.4, 0.5) is 5.69 Å². The van der Waals surface area contributed by atoms with E-state index in [0.717, 1.165) is 12.3 Å². The van der Waals surface area contributed by atoms with Gasteiger partial charge in [0.25, 0.3) is 0 Å². The fourth-order valence-electron chi connectivity index (χ4n) is 2.20. The van der Waals surface area contributed by atoms with Crippen LogP contribution >= 0.6 is 11.8 Å². The van der Waals surface area contributed by atoms with Crippen molar-refractivity contribution in [1.82, 2.24) is 0 Å². The Morgan fingerprint density at radius 3 is 2.94 bits per heavy atom. The summed E-state index contributed by atoms with van der Waals surface area (Å²) < 4.78 is 0. The van der Waals surface area contributed by atoms with Crippen molar-refractivity contribution in [3.05, 3.63) is 23.3 Å². The maximum Gasteiger partial charge on any atom is 0.305 e. The molecule has 0 saturated heterocycles. The summed E-state index contributed by atoms with van der Waals surface area (Å²) in [4.78, 5) is 14.2. The van der Waals surface area contributed by atoms with Crippen LogP contribution in [0.5, 0.6) is 0 Å². The number of rotatable bonds is 3. The first-order valence-corrected chi connectivity index (χ1v) is 6.77. The van der Waals surface area contributed by atoms with Gasteiger partial charge in [0.05, 0.1) is 12.1 Å². The Labute approximate surface area is 106 Å². The molecule has 0 saturated carbocycles. The van der Waals surface area contributed by atoms with Gasteiger partial charge in [-0.3, -0.25) is 4.79 Å². The molecule has 1 heterocycles. The van der Waals surface area contributed by atoms with Gasteiger partial charge in [0, 0.05) is 23.7 Å².